The van der Waals surface area contributed by atoms with Crippen LogP contribution in [0.2, 0.25) is 0 Å². The Balaban J connectivity index is 2.08. The minimum Gasteiger partial charge on any atom is -0.444 e. The first-order chi connectivity index (χ1) is 12.1. The summed E-state index contributed by atoms with van der Waals surface area (Å²) in [6, 6.07) is 2.67. The van der Waals surface area contributed by atoms with Crippen LogP contribution in [-0.2, 0) is 4.74 Å². The van der Waals surface area contributed by atoms with Crippen molar-refractivity contribution in [2.24, 2.45) is 0 Å². The van der Waals surface area contributed by atoms with E-state index in [4.69, 9.17) is 4.74 Å². The Bertz CT molecular complexity index is 710. The van der Waals surface area contributed by atoms with Gasteiger partial charge in [0.15, 0.2) is 0 Å². The lowest BCUT2D eigenvalue weighted by molar-refractivity contribution is 0.0451. The zero-order chi connectivity index (χ0) is 19.5. The van der Waals surface area contributed by atoms with Gasteiger partial charge in [0, 0.05) is 19.1 Å². The van der Waals surface area contributed by atoms with Gasteiger partial charge in [0.1, 0.15) is 11.4 Å². The number of carbonyl (C=O) groups excluding carboxylic acids is 2. The zero-order valence-electron chi connectivity index (χ0n) is 15.9. The maximum Gasteiger partial charge on any atom is 0.407 e. The molecule has 2 rings (SSSR count). The molecule has 1 N–H and O–H groups in total. The van der Waals surface area contributed by atoms with Gasteiger partial charge in [-0.2, -0.15) is 0 Å². The number of benzene rings is 1. The number of ether oxygens (including phenoxy) is 1. The Hall–Kier alpha value is -2.37. The first-order valence-corrected chi connectivity index (χ1v) is 8.82. The van der Waals surface area contributed by atoms with E-state index in [1.807, 2.05) is 0 Å². The molecule has 1 aliphatic rings. The molecule has 6 heteroatoms. The molecule has 26 heavy (non-hydrogen) atoms. The average Bonchev–Trinajstić information content (AvgIpc) is 2.53. The maximum atomic E-state index is 14.3. The van der Waals surface area contributed by atoms with Crippen LogP contribution in [0.25, 0.3) is 6.08 Å². The molecule has 1 fully saturated rings. The number of nitrogens with zero attached hydrogens (tertiary/aromatic N) is 1. The monoisotopic (exact) mass is 362 g/mol. The van der Waals surface area contributed by atoms with E-state index in [1.54, 1.807) is 38.7 Å². The fraction of sp³-hybridized carbons (Fsp3) is 0.500. The van der Waals surface area contributed by atoms with E-state index in [1.165, 1.54) is 12.1 Å². The molecule has 0 unspecified atom stereocenters. The van der Waals surface area contributed by atoms with Crippen molar-refractivity contribution in [1.29, 1.82) is 0 Å². The number of amides is 2. The fourth-order valence-corrected chi connectivity index (χ4v) is 3.00. The molecular formula is C20H27FN2O3. The molecule has 142 valence electrons. The number of piperidine rings is 1. The Kier molecular flexibility index (Phi) is 6.05. The molecule has 1 saturated heterocycles. The number of likely N-dealkylation sites (tertiary alicyclic amines) is 1. The zero-order valence-corrected chi connectivity index (χ0v) is 15.9. The summed E-state index contributed by atoms with van der Waals surface area (Å²) >= 11 is 0. The first-order valence-electron chi connectivity index (χ1n) is 8.82. The quantitative estimate of drug-likeness (QED) is 0.887. The molecule has 5 nitrogen and oxygen atoms in total. The molecule has 1 aromatic carbocycles. The summed E-state index contributed by atoms with van der Waals surface area (Å²) in [5, 5.41) is 2.79. The number of rotatable bonds is 3. The summed E-state index contributed by atoms with van der Waals surface area (Å²) in [5.74, 6) is -0.915. The second kappa shape index (κ2) is 7.89. The predicted molar refractivity (Wildman–Crippen MR) is 99.5 cm³/mol. The van der Waals surface area contributed by atoms with Gasteiger partial charge in [0.05, 0.1) is 5.56 Å². The third-order valence-electron chi connectivity index (χ3n) is 4.24. The van der Waals surface area contributed by atoms with Crippen molar-refractivity contribution in [3.63, 3.8) is 0 Å². The molecule has 1 aromatic rings. The summed E-state index contributed by atoms with van der Waals surface area (Å²) < 4.78 is 19.6. The van der Waals surface area contributed by atoms with Gasteiger partial charge in [-0.05, 0) is 63.8 Å². The summed E-state index contributed by atoms with van der Waals surface area (Å²) in [4.78, 5) is 26.3. The minimum atomic E-state index is -0.583. The van der Waals surface area contributed by atoms with Gasteiger partial charge < -0.3 is 15.0 Å². The molecule has 1 atom stereocenters. The average molecular weight is 362 g/mol. The van der Waals surface area contributed by atoms with Crippen LogP contribution in [0, 0.1) is 12.7 Å². The normalized spacial score (nSPS) is 17.6. The van der Waals surface area contributed by atoms with Gasteiger partial charge in [0.25, 0.3) is 5.91 Å². The molecule has 0 spiro atoms. The van der Waals surface area contributed by atoms with Crippen LogP contribution in [0.15, 0.2) is 18.7 Å². The van der Waals surface area contributed by atoms with E-state index < -0.39 is 17.5 Å². The molecule has 1 heterocycles. The van der Waals surface area contributed by atoms with Crippen LogP contribution in [0.1, 0.15) is 55.1 Å². The molecular weight excluding hydrogens is 335 g/mol. The molecule has 1 aliphatic heterocycles. The summed E-state index contributed by atoms with van der Waals surface area (Å²) in [6.07, 6.45) is 2.58. The lowest BCUT2D eigenvalue weighted by atomic mass is 10.0. The van der Waals surface area contributed by atoms with Gasteiger partial charge in [-0.15, -0.1) is 0 Å². The molecule has 0 radical (unpaired) electrons. The van der Waals surface area contributed by atoms with Gasteiger partial charge in [-0.3, -0.25) is 4.79 Å². The summed E-state index contributed by atoms with van der Waals surface area (Å²) in [7, 11) is 0. The van der Waals surface area contributed by atoms with Gasteiger partial charge in [0.2, 0.25) is 0 Å². The Morgan fingerprint density at radius 3 is 2.69 bits per heavy atom. The van der Waals surface area contributed by atoms with Gasteiger partial charge in [-0.1, -0.05) is 12.7 Å². The second-order valence-electron chi connectivity index (χ2n) is 7.63. The van der Waals surface area contributed by atoms with E-state index in [0.717, 1.165) is 24.0 Å². The first kappa shape index (κ1) is 19.9. The summed E-state index contributed by atoms with van der Waals surface area (Å²) in [5.41, 5.74) is 0.913. The van der Waals surface area contributed by atoms with Crippen molar-refractivity contribution < 1.29 is 18.7 Å². The Morgan fingerprint density at radius 1 is 1.38 bits per heavy atom. The fourth-order valence-electron chi connectivity index (χ4n) is 3.00. The van der Waals surface area contributed by atoms with Crippen molar-refractivity contribution in [3.05, 3.63) is 41.2 Å². The third-order valence-corrected chi connectivity index (χ3v) is 4.24. The van der Waals surface area contributed by atoms with Crippen molar-refractivity contribution >= 4 is 18.1 Å². The molecule has 0 aliphatic carbocycles. The topological polar surface area (TPSA) is 58.6 Å². The van der Waals surface area contributed by atoms with Crippen LogP contribution in [0.4, 0.5) is 9.18 Å². The Morgan fingerprint density at radius 2 is 2.08 bits per heavy atom. The highest BCUT2D eigenvalue weighted by Gasteiger charge is 2.28. The van der Waals surface area contributed by atoms with E-state index >= 15 is 0 Å². The van der Waals surface area contributed by atoms with Crippen molar-refractivity contribution in [1.82, 2.24) is 10.2 Å². The number of alkyl carbamates (subject to hydrolysis) is 1. The second-order valence-corrected chi connectivity index (χ2v) is 7.63. The highest BCUT2D eigenvalue weighted by Crippen LogP contribution is 2.20. The number of hydrogen-bond donors (Lipinski definition) is 1. The number of halogens is 1. The Labute approximate surface area is 154 Å². The van der Waals surface area contributed by atoms with Crippen LogP contribution in [0.5, 0.6) is 0 Å². The molecule has 0 bridgehead atoms. The largest absolute Gasteiger partial charge is 0.444 e. The van der Waals surface area contributed by atoms with Gasteiger partial charge >= 0.3 is 6.09 Å². The van der Waals surface area contributed by atoms with Crippen LogP contribution >= 0.6 is 0 Å². The van der Waals surface area contributed by atoms with Gasteiger partial charge in [-0.25, -0.2) is 9.18 Å². The van der Waals surface area contributed by atoms with E-state index in [9.17, 15) is 14.0 Å². The standard InChI is InChI=1S/C20H27FN2O3/c1-6-14-11-16(17(21)10-13(14)2)18(24)23-9-7-8-15(12-23)22-19(25)26-20(3,4)5/h6,10-11,15H,1,7-9,12H2,2-5H3,(H,22,25)/t15-/m1/s1. The molecule has 2 amide bonds. The van der Waals surface area contributed by atoms with Crippen molar-refractivity contribution in [2.75, 3.05) is 13.1 Å². The van der Waals surface area contributed by atoms with Crippen LogP contribution in [-0.4, -0.2) is 41.6 Å². The lowest BCUT2D eigenvalue weighted by Gasteiger charge is -2.33. The van der Waals surface area contributed by atoms with Crippen LogP contribution < -0.4 is 5.32 Å². The van der Waals surface area contributed by atoms with Crippen molar-refractivity contribution in [3.8, 4) is 0 Å². The smallest absolute Gasteiger partial charge is 0.407 e. The molecule has 0 saturated carbocycles. The predicted octanol–water partition coefficient (Wildman–Crippen LogP) is 3.91. The summed E-state index contributed by atoms with van der Waals surface area (Å²) in [6.45, 7) is 11.7. The number of carbonyl (C=O) groups is 2. The minimum absolute atomic E-state index is 0.0309. The highest BCUT2D eigenvalue weighted by molar-refractivity contribution is 5.95. The van der Waals surface area contributed by atoms with Crippen LogP contribution in [0.3, 0.4) is 0 Å². The number of nitrogens with one attached hydrogen (secondary N) is 1. The number of aryl methyl sites for hydroxylation is 1. The van der Waals surface area contributed by atoms with E-state index in [2.05, 4.69) is 11.9 Å². The van der Waals surface area contributed by atoms with E-state index in [0.29, 0.717) is 13.1 Å². The third kappa shape index (κ3) is 5.07. The number of hydrogen-bond acceptors (Lipinski definition) is 3. The van der Waals surface area contributed by atoms with Crippen molar-refractivity contribution in [2.45, 2.75) is 52.2 Å². The highest BCUT2D eigenvalue weighted by atomic mass is 19.1. The van der Waals surface area contributed by atoms with E-state index in [-0.39, 0.29) is 17.5 Å². The lowest BCUT2D eigenvalue weighted by Crippen LogP contribution is -2.50. The SMILES string of the molecule is C=Cc1cc(C(=O)N2CCC[C@@H](NC(=O)OC(C)(C)C)C2)c(F)cc1C. The maximum absolute atomic E-state index is 14.3. The molecule has 0 aromatic heterocycles.